The van der Waals surface area contributed by atoms with Crippen LogP contribution in [0.1, 0.15) is 64.7 Å². The summed E-state index contributed by atoms with van der Waals surface area (Å²) < 4.78 is 4.95. The van der Waals surface area contributed by atoms with Gasteiger partial charge in [0.05, 0.1) is 13.0 Å². The molecule has 0 atom stereocenters. The lowest BCUT2D eigenvalue weighted by Gasteiger charge is -2.30. The van der Waals surface area contributed by atoms with Crippen molar-refractivity contribution in [1.29, 1.82) is 0 Å². The van der Waals surface area contributed by atoms with Gasteiger partial charge in [0.25, 0.3) is 0 Å². The summed E-state index contributed by atoms with van der Waals surface area (Å²) in [7, 11) is 0. The minimum Gasteiger partial charge on any atom is -0.507 e. The maximum Gasteiger partial charge on any atom is 0.310 e. The van der Waals surface area contributed by atoms with E-state index in [2.05, 4.69) is 20.8 Å². The quantitative estimate of drug-likeness (QED) is 0.787. The monoisotopic (exact) mass is 322 g/mol. The average molecular weight is 322 g/mol. The van der Waals surface area contributed by atoms with Gasteiger partial charge in [-0.25, -0.2) is 0 Å². The normalized spacial score (nSPS) is 12.3. The molecule has 0 saturated heterocycles. The second kappa shape index (κ2) is 7.35. The van der Waals surface area contributed by atoms with Crippen molar-refractivity contribution in [3.05, 3.63) is 28.8 Å². The fourth-order valence-corrected chi connectivity index (χ4v) is 2.45. The van der Waals surface area contributed by atoms with E-state index in [1.54, 1.807) is 0 Å². The van der Waals surface area contributed by atoms with Gasteiger partial charge in [0.1, 0.15) is 12.4 Å². The van der Waals surface area contributed by atoms with Gasteiger partial charge >= 0.3 is 5.97 Å². The summed E-state index contributed by atoms with van der Waals surface area (Å²) in [5, 5.41) is 19.5. The molecule has 1 rings (SSSR count). The molecule has 0 fully saturated rings. The molecule has 0 unspecified atom stereocenters. The van der Waals surface area contributed by atoms with Crippen LogP contribution in [0.2, 0.25) is 0 Å². The molecule has 2 N–H and O–H groups in total. The first-order valence-corrected chi connectivity index (χ1v) is 8.16. The number of esters is 1. The van der Waals surface area contributed by atoms with Crippen LogP contribution < -0.4 is 0 Å². The summed E-state index contributed by atoms with van der Waals surface area (Å²) >= 11 is 0. The Bertz CT molecular complexity index is 553. The van der Waals surface area contributed by atoms with Crippen molar-refractivity contribution in [1.82, 2.24) is 0 Å². The number of aliphatic hydroxyl groups is 1. The van der Waals surface area contributed by atoms with Gasteiger partial charge in [0.2, 0.25) is 0 Å². The molecular weight excluding hydrogens is 292 g/mol. The Labute approximate surface area is 139 Å². The highest BCUT2D eigenvalue weighted by atomic mass is 16.5. The molecule has 4 heteroatoms. The predicted octanol–water partition coefficient (Wildman–Crippen LogP) is 3.46. The number of ether oxygens (including phenoxy) is 1. The molecule has 0 heterocycles. The molecule has 4 nitrogen and oxygen atoms in total. The first-order chi connectivity index (χ1) is 10.5. The van der Waals surface area contributed by atoms with Crippen LogP contribution in [0.15, 0.2) is 12.1 Å². The zero-order chi connectivity index (χ0) is 17.8. The molecule has 0 amide bonds. The van der Waals surface area contributed by atoms with Crippen LogP contribution in [0.4, 0.5) is 0 Å². The summed E-state index contributed by atoms with van der Waals surface area (Å²) in [6.45, 7) is 12.2. The van der Waals surface area contributed by atoms with Gasteiger partial charge in [-0.1, -0.05) is 53.7 Å². The van der Waals surface area contributed by atoms with Gasteiger partial charge in [-0.3, -0.25) is 4.79 Å². The first kappa shape index (κ1) is 19.5. The Hall–Kier alpha value is -1.55. The van der Waals surface area contributed by atoms with Crippen molar-refractivity contribution in [2.75, 3.05) is 13.2 Å². The highest BCUT2D eigenvalue weighted by Gasteiger charge is 2.28. The first-order valence-electron chi connectivity index (χ1n) is 8.16. The number of carbonyl (C=O) groups excluding carboxylic acids is 1. The average Bonchev–Trinajstić information content (AvgIpc) is 2.45. The molecule has 0 saturated carbocycles. The number of hydrogen-bond acceptors (Lipinski definition) is 4. The van der Waals surface area contributed by atoms with Crippen LogP contribution in [-0.4, -0.2) is 29.4 Å². The van der Waals surface area contributed by atoms with Gasteiger partial charge < -0.3 is 14.9 Å². The largest absolute Gasteiger partial charge is 0.507 e. The third-order valence-corrected chi connectivity index (χ3v) is 4.29. The summed E-state index contributed by atoms with van der Waals surface area (Å²) in [4.78, 5) is 11.9. The van der Waals surface area contributed by atoms with Gasteiger partial charge in [-0.15, -0.1) is 0 Å². The van der Waals surface area contributed by atoms with E-state index in [1.165, 1.54) is 0 Å². The van der Waals surface area contributed by atoms with E-state index < -0.39 is 0 Å². The smallest absolute Gasteiger partial charge is 0.310 e. The molecule has 0 aliphatic rings. The number of rotatable bonds is 6. The second-order valence-corrected chi connectivity index (χ2v) is 7.65. The number of benzene rings is 1. The van der Waals surface area contributed by atoms with Crippen LogP contribution in [-0.2, 0) is 26.8 Å². The SMILES string of the molecule is CCC(C)(C)c1cc(CC(=O)OCCO)cc(C(C)(C)C)c1O. The van der Waals surface area contributed by atoms with E-state index in [0.29, 0.717) is 5.75 Å². The third-order valence-electron chi connectivity index (χ3n) is 4.29. The Morgan fingerprint density at radius 3 is 2.17 bits per heavy atom. The Balaban J connectivity index is 3.32. The van der Waals surface area contributed by atoms with Crippen LogP contribution >= 0.6 is 0 Å². The minimum absolute atomic E-state index is 0.0103. The number of aromatic hydroxyl groups is 1. The summed E-state index contributed by atoms with van der Waals surface area (Å²) in [5.74, 6) is -0.0540. The molecule has 0 aliphatic carbocycles. The lowest BCUT2D eigenvalue weighted by molar-refractivity contribution is -0.143. The number of phenols is 1. The van der Waals surface area contributed by atoms with E-state index in [9.17, 15) is 9.90 Å². The molecule has 1 aromatic carbocycles. The lowest BCUT2D eigenvalue weighted by atomic mass is 9.76. The van der Waals surface area contributed by atoms with Crippen molar-refractivity contribution in [2.24, 2.45) is 0 Å². The highest BCUT2D eigenvalue weighted by Crippen LogP contribution is 2.41. The van der Waals surface area contributed by atoms with E-state index in [4.69, 9.17) is 9.84 Å². The second-order valence-electron chi connectivity index (χ2n) is 7.65. The topological polar surface area (TPSA) is 66.8 Å². The summed E-state index contributed by atoms with van der Waals surface area (Å²) in [5.41, 5.74) is 2.11. The van der Waals surface area contributed by atoms with Gasteiger partial charge in [-0.05, 0) is 28.4 Å². The van der Waals surface area contributed by atoms with Crippen molar-refractivity contribution < 1.29 is 19.7 Å². The van der Waals surface area contributed by atoms with E-state index in [-0.39, 0.29) is 36.4 Å². The van der Waals surface area contributed by atoms with Crippen molar-refractivity contribution >= 4 is 5.97 Å². The van der Waals surface area contributed by atoms with Crippen LogP contribution in [0.5, 0.6) is 5.75 Å². The van der Waals surface area contributed by atoms with Crippen molar-refractivity contribution in [3.8, 4) is 5.75 Å². The van der Waals surface area contributed by atoms with Gasteiger partial charge in [-0.2, -0.15) is 0 Å². The summed E-state index contributed by atoms with van der Waals surface area (Å²) in [6, 6.07) is 3.78. The van der Waals surface area contributed by atoms with Gasteiger partial charge in [0, 0.05) is 5.56 Å². The summed E-state index contributed by atoms with van der Waals surface area (Å²) in [6.07, 6.45) is 1.01. The number of aliphatic hydroxyl groups excluding tert-OH is 1. The van der Waals surface area contributed by atoms with Crippen LogP contribution in [0.3, 0.4) is 0 Å². The molecule has 130 valence electrons. The van der Waals surface area contributed by atoms with Crippen molar-refractivity contribution in [3.63, 3.8) is 0 Å². The Kier molecular flexibility index (Phi) is 6.23. The van der Waals surface area contributed by atoms with E-state index in [1.807, 2.05) is 32.9 Å². The lowest BCUT2D eigenvalue weighted by Crippen LogP contribution is -2.21. The fourth-order valence-electron chi connectivity index (χ4n) is 2.45. The molecule has 0 aromatic heterocycles. The predicted molar refractivity (Wildman–Crippen MR) is 91.9 cm³/mol. The highest BCUT2D eigenvalue weighted by molar-refractivity contribution is 5.73. The standard InChI is InChI=1S/C19H30O4/c1-7-19(5,6)15-11-13(12-16(21)23-9-8-20)10-14(17(15)22)18(2,3)4/h10-11,20,22H,7-9,12H2,1-6H3. The molecule has 0 bridgehead atoms. The third kappa shape index (κ3) is 4.96. The Morgan fingerprint density at radius 2 is 1.70 bits per heavy atom. The fraction of sp³-hybridized carbons (Fsp3) is 0.632. The molecule has 0 aliphatic heterocycles. The maximum atomic E-state index is 11.9. The van der Waals surface area contributed by atoms with Crippen LogP contribution in [0, 0.1) is 0 Å². The number of hydrogen-bond donors (Lipinski definition) is 2. The zero-order valence-electron chi connectivity index (χ0n) is 15.2. The number of carbonyl (C=O) groups is 1. The van der Waals surface area contributed by atoms with E-state index in [0.717, 1.165) is 23.1 Å². The van der Waals surface area contributed by atoms with E-state index >= 15 is 0 Å². The van der Waals surface area contributed by atoms with Gasteiger partial charge in [0.15, 0.2) is 0 Å². The molecule has 23 heavy (non-hydrogen) atoms. The molecular formula is C19H30O4. The minimum atomic E-state index is -0.371. The Morgan fingerprint density at radius 1 is 1.13 bits per heavy atom. The zero-order valence-corrected chi connectivity index (χ0v) is 15.2. The molecule has 0 radical (unpaired) electrons. The molecule has 1 aromatic rings. The van der Waals surface area contributed by atoms with Crippen molar-refractivity contribution in [2.45, 2.75) is 65.2 Å². The van der Waals surface area contributed by atoms with Crippen LogP contribution in [0.25, 0.3) is 0 Å². The molecule has 0 spiro atoms. The number of phenolic OH excluding ortho intramolecular Hbond substituents is 1. The maximum absolute atomic E-state index is 11.9.